The summed E-state index contributed by atoms with van der Waals surface area (Å²) in [5.74, 6) is -0.804. The van der Waals surface area contributed by atoms with E-state index in [1.807, 2.05) is 0 Å². The zero-order valence-electron chi connectivity index (χ0n) is 13.8. The lowest BCUT2D eigenvalue weighted by molar-refractivity contribution is -0.136. The molecular weight excluding hydrogens is 324 g/mol. The fraction of sp³-hybridized carbons (Fsp3) is 0.412. The Morgan fingerprint density at radius 2 is 1.88 bits per heavy atom. The molecule has 2 heterocycles. The maximum absolute atomic E-state index is 12.3. The van der Waals surface area contributed by atoms with Crippen LogP contribution in [-0.2, 0) is 9.53 Å². The average Bonchev–Trinajstić information content (AvgIpc) is 2.66. The van der Waals surface area contributed by atoms with Crippen LogP contribution in [0.2, 0.25) is 0 Å². The number of fused-ring (bicyclic) bond motifs is 1. The predicted molar refractivity (Wildman–Crippen MR) is 89.9 cm³/mol. The van der Waals surface area contributed by atoms with Crippen LogP contribution in [0.5, 0.6) is 0 Å². The molecule has 0 radical (unpaired) electrons. The molecular formula is C17H20N4O4. The summed E-state index contributed by atoms with van der Waals surface area (Å²) in [5, 5.41) is 8.93. The predicted octanol–water partition coefficient (Wildman–Crippen LogP) is -0.0769. The van der Waals surface area contributed by atoms with Crippen LogP contribution in [0.25, 0.3) is 11.0 Å². The van der Waals surface area contributed by atoms with Gasteiger partial charge in [0.1, 0.15) is 5.52 Å². The molecule has 1 aromatic heterocycles. The van der Waals surface area contributed by atoms with E-state index in [9.17, 15) is 9.59 Å². The number of benzene rings is 1. The van der Waals surface area contributed by atoms with E-state index >= 15 is 0 Å². The van der Waals surface area contributed by atoms with Crippen LogP contribution < -0.4 is 0 Å². The van der Waals surface area contributed by atoms with Gasteiger partial charge in [0, 0.05) is 45.1 Å². The van der Waals surface area contributed by atoms with Crippen molar-refractivity contribution in [2.45, 2.75) is 0 Å². The third-order valence-corrected chi connectivity index (χ3v) is 4.19. The molecule has 132 valence electrons. The second-order valence-electron chi connectivity index (χ2n) is 5.75. The molecule has 0 spiro atoms. The molecule has 25 heavy (non-hydrogen) atoms. The molecule has 0 bridgehead atoms. The minimum Gasteiger partial charge on any atom is -0.452 e. The lowest BCUT2D eigenvalue weighted by atomic mass is 10.2. The van der Waals surface area contributed by atoms with E-state index in [1.54, 1.807) is 29.3 Å². The van der Waals surface area contributed by atoms with Gasteiger partial charge >= 0.3 is 5.97 Å². The molecule has 0 saturated carbocycles. The molecule has 8 heteroatoms. The van der Waals surface area contributed by atoms with Crippen molar-refractivity contribution in [1.29, 1.82) is 0 Å². The van der Waals surface area contributed by atoms with Crippen LogP contribution in [0.15, 0.2) is 30.6 Å². The summed E-state index contributed by atoms with van der Waals surface area (Å²) >= 11 is 0. The van der Waals surface area contributed by atoms with Gasteiger partial charge in [-0.2, -0.15) is 0 Å². The highest BCUT2D eigenvalue weighted by Gasteiger charge is 2.22. The van der Waals surface area contributed by atoms with Crippen molar-refractivity contribution in [1.82, 2.24) is 19.8 Å². The number of ether oxygens (including phenoxy) is 1. The van der Waals surface area contributed by atoms with Crippen LogP contribution in [0.1, 0.15) is 10.4 Å². The normalized spacial score (nSPS) is 15.3. The molecule has 2 aromatic rings. The van der Waals surface area contributed by atoms with E-state index < -0.39 is 5.97 Å². The number of esters is 1. The van der Waals surface area contributed by atoms with Gasteiger partial charge in [0.15, 0.2) is 6.61 Å². The summed E-state index contributed by atoms with van der Waals surface area (Å²) in [5.41, 5.74) is 1.36. The minimum atomic E-state index is -0.585. The highest BCUT2D eigenvalue weighted by Crippen LogP contribution is 2.15. The van der Waals surface area contributed by atoms with E-state index in [0.29, 0.717) is 49.3 Å². The SMILES string of the molecule is O=C(OCC(=O)N1CCN(CCO)CC1)c1cccc2nccnc12. The minimum absolute atomic E-state index is 0.111. The van der Waals surface area contributed by atoms with Crippen LogP contribution in [0.3, 0.4) is 0 Å². The number of aromatic nitrogens is 2. The molecule has 1 amide bonds. The Balaban J connectivity index is 1.56. The van der Waals surface area contributed by atoms with Crippen molar-refractivity contribution in [3.63, 3.8) is 0 Å². The number of carbonyl (C=O) groups is 2. The van der Waals surface area contributed by atoms with Gasteiger partial charge in [-0.1, -0.05) is 6.07 Å². The third-order valence-electron chi connectivity index (χ3n) is 4.19. The highest BCUT2D eigenvalue weighted by molar-refractivity contribution is 6.02. The largest absolute Gasteiger partial charge is 0.452 e. The lowest BCUT2D eigenvalue weighted by Crippen LogP contribution is -2.50. The first kappa shape index (κ1) is 17.2. The Labute approximate surface area is 145 Å². The molecule has 0 unspecified atom stereocenters. The molecule has 1 fully saturated rings. The standard InChI is InChI=1S/C17H20N4O4/c22-11-10-20-6-8-21(9-7-20)15(23)12-25-17(24)13-2-1-3-14-16(13)19-5-4-18-14/h1-5,22H,6-12H2. The van der Waals surface area contributed by atoms with Crippen LogP contribution in [0.4, 0.5) is 0 Å². The number of amides is 1. The Morgan fingerprint density at radius 1 is 1.12 bits per heavy atom. The molecule has 3 rings (SSSR count). The van der Waals surface area contributed by atoms with E-state index in [2.05, 4.69) is 14.9 Å². The van der Waals surface area contributed by atoms with Gasteiger partial charge in [-0.15, -0.1) is 0 Å². The summed E-state index contributed by atoms with van der Waals surface area (Å²) < 4.78 is 5.17. The second-order valence-corrected chi connectivity index (χ2v) is 5.75. The van der Waals surface area contributed by atoms with Crippen molar-refractivity contribution in [3.8, 4) is 0 Å². The first-order valence-corrected chi connectivity index (χ1v) is 8.17. The van der Waals surface area contributed by atoms with Crippen LogP contribution >= 0.6 is 0 Å². The topological polar surface area (TPSA) is 95.9 Å². The van der Waals surface area contributed by atoms with Crippen molar-refractivity contribution in [2.24, 2.45) is 0 Å². The number of nitrogens with zero attached hydrogens (tertiary/aromatic N) is 4. The summed E-state index contributed by atoms with van der Waals surface area (Å²) in [6, 6.07) is 5.07. The van der Waals surface area contributed by atoms with Gasteiger partial charge in [0.25, 0.3) is 5.91 Å². The number of β-amino-alcohol motifs (C(OH)–C–C–N with tert-alkyl or cyclic N) is 1. The van der Waals surface area contributed by atoms with Crippen molar-refractivity contribution >= 4 is 22.9 Å². The Hall–Kier alpha value is -2.58. The number of hydrogen-bond donors (Lipinski definition) is 1. The Kier molecular flexibility index (Phi) is 5.52. The van der Waals surface area contributed by atoms with Gasteiger partial charge in [0.05, 0.1) is 17.7 Å². The molecule has 0 atom stereocenters. The lowest BCUT2D eigenvalue weighted by Gasteiger charge is -2.34. The van der Waals surface area contributed by atoms with E-state index in [0.717, 1.165) is 0 Å². The quantitative estimate of drug-likeness (QED) is 0.758. The van der Waals surface area contributed by atoms with Crippen LogP contribution in [0, 0.1) is 0 Å². The van der Waals surface area contributed by atoms with Crippen LogP contribution in [-0.4, -0.2) is 82.7 Å². The number of hydrogen-bond acceptors (Lipinski definition) is 7. The molecule has 1 aliphatic rings. The Bertz CT molecular complexity index is 754. The monoisotopic (exact) mass is 344 g/mol. The molecule has 1 aliphatic heterocycles. The van der Waals surface area contributed by atoms with Gasteiger partial charge < -0.3 is 14.7 Å². The molecule has 8 nitrogen and oxygen atoms in total. The number of aliphatic hydroxyl groups is 1. The number of aliphatic hydroxyl groups excluding tert-OH is 1. The Morgan fingerprint density at radius 3 is 2.64 bits per heavy atom. The summed E-state index contributed by atoms with van der Waals surface area (Å²) in [7, 11) is 0. The van der Waals surface area contributed by atoms with Gasteiger partial charge in [-0.3, -0.25) is 19.7 Å². The van der Waals surface area contributed by atoms with E-state index in [4.69, 9.17) is 9.84 Å². The van der Waals surface area contributed by atoms with Crippen molar-refractivity contribution < 1.29 is 19.4 Å². The maximum Gasteiger partial charge on any atom is 0.340 e. The molecule has 0 aliphatic carbocycles. The molecule has 1 N–H and O–H groups in total. The summed E-state index contributed by atoms with van der Waals surface area (Å²) in [4.78, 5) is 36.6. The number of para-hydroxylation sites is 1. The number of piperazine rings is 1. The van der Waals surface area contributed by atoms with Crippen molar-refractivity contribution in [3.05, 3.63) is 36.2 Å². The first-order valence-electron chi connectivity index (χ1n) is 8.17. The summed E-state index contributed by atoms with van der Waals surface area (Å²) in [6.45, 7) is 2.97. The fourth-order valence-electron chi connectivity index (χ4n) is 2.82. The fourth-order valence-corrected chi connectivity index (χ4v) is 2.82. The summed E-state index contributed by atoms with van der Waals surface area (Å²) in [6.07, 6.45) is 3.06. The smallest absolute Gasteiger partial charge is 0.340 e. The first-order chi connectivity index (χ1) is 12.2. The average molecular weight is 344 g/mol. The zero-order chi connectivity index (χ0) is 17.6. The van der Waals surface area contributed by atoms with Gasteiger partial charge in [-0.05, 0) is 12.1 Å². The van der Waals surface area contributed by atoms with E-state index in [-0.39, 0.29) is 19.1 Å². The second kappa shape index (κ2) is 8.00. The number of rotatable bonds is 5. The van der Waals surface area contributed by atoms with Gasteiger partial charge in [-0.25, -0.2) is 4.79 Å². The third kappa shape index (κ3) is 4.09. The maximum atomic E-state index is 12.3. The molecule has 1 saturated heterocycles. The van der Waals surface area contributed by atoms with Crippen molar-refractivity contribution in [2.75, 3.05) is 45.9 Å². The van der Waals surface area contributed by atoms with E-state index in [1.165, 1.54) is 6.20 Å². The highest BCUT2D eigenvalue weighted by atomic mass is 16.5. The zero-order valence-corrected chi connectivity index (χ0v) is 13.8. The van der Waals surface area contributed by atoms with Gasteiger partial charge in [0.2, 0.25) is 0 Å². The molecule has 1 aromatic carbocycles. The number of carbonyl (C=O) groups excluding carboxylic acids is 2.